The summed E-state index contributed by atoms with van der Waals surface area (Å²) in [4.78, 5) is 3.97. The first-order chi connectivity index (χ1) is 13.9. The molecule has 4 rings (SSSR count). The molecular weight excluding hydrogens is 409 g/mol. The molecular formula is C20H20ClF3N2O3. The van der Waals surface area contributed by atoms with Gasteiger partial charge in [-0.15, -0.1) is 0 Å². The smallest absolute Gasteiger partial charge is 0.417 e. The topological polar surface area (TPSA) is 52.6 Å². The molecule has 0 amide bonds. The van der Waals surface area contributed by atoms with Gasteiger partial charge >= 0.3 is 6.18 Å². The number of benzene rings is 1. The maximum absolute atomic E-state index is 12.9. The van der Waals surface area contributed by atoms with Gasteiger partial charge in [-0.05, 0) is 31.0 Å². The zero-order chi connectivity index (χ0) is 20.4. The Hall–Kier alpha value is -2.03. The minimum absolute atomic E-state index is 0.0194. The van der Waals surface area contributed by atoms with Gasteiger partial charge in [0.15, 0.2) is 11.5 Å². The summed E-state index contributed by atoms with van der Waals surface area (Å²) in [6.45, 7) is 2.80. The highest BCUT2D eigenvalue weighted by Crippen LogP contribution is 2.40. The van der Waals surface area contributed by atoms with E-state index in [9.17, 15) is 13.2 Å². The van der Waals surface area contributed by atoms with Gasteiger partial charge in [-0.1, -0.05) is 11.6 Å². The molecule has 1 saturated heterocycles. The number of pyridine rings is 1. The Bertz CT molecular complexity index is 886. The SMILES string of the molecule is FC(F)(F)c1cnc(-c2cc3c(c(OCC4CCCO4)c2)OCCNC3)c(Cl)c1. The van der Waals surface area contributed by atoms with Crippen LogP contribution in [-0.2, 0) is 17.5 Å². The Kier molecular flexibility index (Phi) is 5.85. The van der Waals surface area contributed by atoms with E-state index in [2.05, 4.69) is 10.3 Å². The average Bonchev–Trinajstić information content (AvgIpc) is 3.08. The van der Waals surface area contributed by atoms with Gasteiger partial charge in [0.1, 0.15) is 13.2 Å². The Labute approximate surface area is 171 Å². The van der Waals surface area contributed by atoms with E-state index in [1.54, 1.807) is 6.07 Å². The van der Waals surface area contributed by atoms with Gasteiger partial charge < -0.3 is 19.5 Å². The predicted octanol–water partition coefficient (Wildman–Crippen LogP) is 4.46. The molecule has 1 N–H and O–H groups in total. The van der Waals surface area contributed by atoms with Gasteiger partial charge in [0.2, 0.25) is 0 Å². The molecule has 2 aliphatic rings. The van der Waals surface area contributed by atoms with Crippen molar-refractivity contribution in [3.63, 3.8) is 0 Å². The summed E-state index contributed by atoms with van der Waals surface area (Å²) in [6.07, 6.45) is -1.77. The van der Waals surface area contributed by atoms with Gasteiger partial charge in [0.25, 0.3) is 0 Å². The van der Waals surface area contributed by atoms with Crippen molar-refractivity contribution in [1.29, 1.82) is 0 Å². The Morgan fingerprint density at radius 3 is 2.83 bits per heavy atom. The average molecular weight is 429 g/mol. The van der Waals surface area contributed by atoms with Crippen LogP contribution in [0, 0.1) is 0 Å². The second-order valence-corrected chi connectivity index (χ2v) is 7.39. The molecule has 1 atom stereocenters. The van der Waals surface area contributed by atoms with E-state index in [0.717, 1.165) is 37.3 Å². The summed E-state index contributed by atoms with van der Waals surface area (Å²) < 4.78 is 56.2. The first-order valence-corrected chi connectivity index (χ1v) is 9.77. The number of halogens is 4. The van der Waals surface area contributed by atoms with Gasteiger partial charge in [0, 0.05) is 37.0 Å². The van der Waals surface area contributed by atoms with Crippen molar-refractivity contribution in [3.8, 4) is 22.8 Å². The molecule has 1 aromatic heterocycles. The maximum atomic E-state index is 12.9. The summed E-state index contributed by atoms with van der Waals surface area (Å²) in [6, 6.07) is 4.41. The quantitative estimate of drug-likeness (QED) is 0.779. The summed E-state index contributed by atoms with van der Waals surface area (Å²) in [5.74, 6) is 1.13. The van der Waals surface area contributed by atoms with Crippen LogP contribution in [-0.4, -0.2) is 37.5 Å². The van der Waals surface area contributed by atoms with Gasteiger partial charge in [-0.2, -0.15) is 13.2 Å². The molecule has 29 heavy (non-hydrogen) atoms. The van der Waals surface area contributed by atoms with E-state index in [0.29, 0.717) is 43.4 Å². The fraction of sp³-hybridized carbons (Fsp3) is 0.450. The van der Waals surface area contributed by atoms with Crippen molar-refractivity contribution >= 4 is 11.6 Å². The third-order valence-corrected chi connectivity index (χ3v) is 5.15. The van der Waals surface area contributed by atoms with E-state index < -0.39 is 11.7 Å². The summed E-state index contributed by atoms with van der Waals surface area (Å²) >= 11 is 6.15. The standard InChI is InChI=1S/C20H20ClF3N2O3/c21-16-8-14(20(22,23)24)10-26-18(16)12-6-13-9-25-3-5-28-19(13)17(7-12)29-11-15-2-1-4-27-15/h6-8,10,15,25H,1-5,9,11H2. The van der Waals surface area contributed by atoms with E-state index in [1.165, 1.54) is 0 Å². The third kappa shape index (κ3) is 4.60. The fourth-order valence-corrected chi connectivity index (χ4v) is 3.69. The molecule has 2 aliphatic heterocycles. The minimum Gasteiger partial charge on any atom is -0.488 e. The summed E-state index contributed by atoms with van der Waals surface area (Å²) in [7, 11) is 0. The van der Waals surface area contributed by atoms with Crippen LogP contribution in [0.4, 0.5) is 13.2 Å². The molecule has 0 spiro atoms. The lowest BCUT2D eigenvalue weighted by Gasteiger charge is -2.18. The monoisotopic (exact) mass is 428 g/mol. The van der Waals surface area contributed by atoms with Crippen molar-refractivity contribution in [1.82, 2.24) is 10.3 Å². The molecule has 9 heteroatoms. The van der Waals surface area contributed by atoms with Crippen LogP contribution in [0.15, 0.2) is 24.4 Å². The highest BCUT2D eigenvalue weighted by Gasteiger charge is 2.32. The van der Waals surface area contributed by atoms with Crippen molar-refractivity contribution in [2.75, 3.05) is 26.4 Å². The normalized spacial score (nSPS) is 19.4. The van der Waals surface area contributed by atoms with Crippen LogP contribution in [0.1, 0.15) is 24.0 Å². The number of rotatable bonds is 4. The lowest BCUT2D eigenvalue weighted by Crippen LogP contribution is -2.17. The second kappa shape index (κ2) is 8.38. The van der Waals surface area contributed by atoms with Crippen LogP contribution in [0.5, 0.6) is 11.5 Å². The molecule has 1 fully saturated rings. The number of fused-ring (bicyclic) bond motifs is 1. The largest absolute Gasteiger partial charge is 0.488 e. The molecule has 2 aromatic rings. The van der Waals surface area contributed by atoms with Gasteiger partial charge in [-0.3, -0.25) is 4.98 Å². The van der Waals surface area contributed by atoms with E-state index in [1.807, 2.05) is 6.07 Å². The second-order valence-electron chi connectivity index (χ2n) is 6.99. The Morgan fingerprint density at radius 2 is 2.10 bits per heavy atom. The Balaban J connectivity index is 1.69. The van der Waals surface area contributed by atoms with Crippen LogP contribution in [0.3, 0.4) is 0 Å². The third-order valence-electron chi connectivity index (χ3n) is 4.86. The summed E-state index contributed by atoms with van der Waals surface area (Å²) in [5.41, 5.74) is 0.770. The number of ether oxygens (including phenoxy) is 3. The first kappa shape index (κ1) is 20.3. The fourth-order valence-electron chi connectivity index (χ4n) is 3.41. The zero-order valence-corrected chi connectivity index (χ0v) is 16.3. The molecule has 5 nitrogen and oxygen atoms in total. The molecule has 1 unspecified atom stereocenters. The molecule has 0 bridgehead atoms. The number of nitrogens with one attached hydrogen (secondary N) is 1. The number of alkyl halides is 3. The summed E-state index contributed by atoms with van der Waals surface area (Å²) in [5, 5.41) is 3.17. The lowest BCUT2D eigenvalue weighted by molar-refractivity contribution is -0.137. The Morgan fingerprint density at radius 1 is 1.24 bits per heavy atom. The number of hydrogen-bond donors (Lipinski definition) is 1. The number of nitrogens with zero attached hydrogens (tertiary/aromatic N) is 1. The first-order valence-electron chi connectivity index (χ1n) is 9.40. The zero-order valence-electron chi connectivity index (χ0n) is 15.5. The van der Waals surface area contributed by atoms with Crippen molar-refractivity contribution in [2.24, 2.45) is 0 Å². The predicted molar refractivity (Wildman–Crippen MR) is 101 cm³/mol. The molecule has 0 radical (unpaired) electrons. The van der Waals surface area contributed by atoms with Crippen molar-refractivity contribution < 1.29 is 27.4 Å². The van der Waals surface area contributed by atoms with Crippen LogP contribution in [0.2, 0.25) is 5.02 Å². The van der Waals surface area contributed by atoms with Crippen LogP contribution >= 0.6 is 11.6 Å². The maximum Gasteiger partial charge on any atom is 0.417 e. The number of aromatic nitrogens is 1. The molecule has 1 aromatic carbocycles. The molecule has 0 aliphatic carbocycles. The van der Waals surface area contributed by atoms with E-state index in [-0.39, 0.29) is 16.8 Å². The molecule has 3 heterocycles. The lowest BCUT2D eigenvalue weighted by atomic mass is 10.0. The number of hydrogen-bond acceptors (Lipinski definition) is 5. The molecule has 156 valence electrons. The highest BCUT2D eigenvalue weighted by molar-refractivity contribution is 6.33. The van der Waals surface area contributed by atoms with Crippen LogP contribution < -0.4 is 14.8 Å². The minimum atomic E-state index is -4.50. The van der Waals surface area contributed by atoms with Crippen LogP contribution in [0.25, 0.3) is 11.3 Å². The molecule has 0 saturated carbocycles. The van der Waals surface area contributed by atoms with E-state index in [4.69, 9.17) is 25.8 Å². The van der Waals surface area contributed by atoms with Gasteiger partial charge in [0.05, 0.1) is 22.4 Å². The van der Waals surface area contributed by atoms with E-state index >= 15 is 0 Å². The van der Waals surface area contributed by atoms with Crippen molar-refractivity contribution in [2.45, 2.75) is 31.7 Å². The van der Waals surface area contributed by atoms with Crippen molar-refractivity contribution in [3.05, 3.63) is 40.5 Å². The highest BCUT2D eigenvalue weighted by atomic mass is 35.5. The van der Waals surface area contributed by atoms with Gasteiger partial charge in [-0.25, -0.2) is 0 Å².